The van der Waals surface area contributed by atoms with Gasteiger partial charge in [-0.25, -0.2) is 18.3 Å². The largest absolute Gasteiger partial charge is 0.439 e. The summed E-state index contributed by atoms with van der Waals surface area (Å²) in [7, 11) is -3.81. The minimum Gasteiger partial charge on any atom is -0.439 e. The molecule has 7 nitrogen and oxygen atoms in total. The first-order chi connectivity index (χ1) is 10.5. The first-order valence-corrected chi connectivity index (χ1v) is 7.96. The molecule has 0 amide bonds. The van der Waals surface area contributed by atoms with Gasteiger partial charge in [-0.3, -0.25) is 0 Å². The van der Waals surface area contributed by atoms with Crippen molar-refractivity contribution in [1.29, 1.82) is 0 Å². The highest BCUT2D eigenvalue weighted by Crippen LogP contribution is 2.23. The van der Waals surface area contributed by atoms with Crippen molar-refractivity contribution in [2.45, 2.75) is 19.4 Å². The van der Waals surface area contributed by atoms with E-state index in [1.54, 1.807) is 18.3 Å². The predicted molar refractivity (Wildman–Crippen MR) is 76.7 cm³/mol. The van der Waals surface area contributed by atoms with Crippen LogP contribution in [0, 0.1) is 6.92 Å². The maximum atomic E-state index is 11.0. The van der Waals surface area contributed by atoms with Crippen molar-refractivity contribution < 1.29 is 21.5 Å². The summed E-state index contributed by atoms with van der Waals surface area (Å²) < 4.78 is 37.1. The fourth-order valence-electron chi connectivity index (χ4n) is 2.04. The number of ether oxygens (including phenoxy) is 1. The minimum absolute atomic E-state index is 0.0424. The zero-order valence-electron chi connectivity index (χ0n) is 11.8. The van der Waals surface area contributed by atoms with Crippen LogP contribution in [-0.4, -0.2) is 31.1 Å². The lowest BCUT2D eigenvalue weighted by atomic mass is 10.1. The molecule has 8 heteroatoms. The molecule has 3 rings (SSSR count). The van der Waals surface area contributed by atoms with E-state index in [1.165, 1.54) is 6.33 Å². The Morgan fingerprint density at radius 1 is 1.32 bits per heavy atom. The van der Waals surface area contributed by atoms with Crippen LogP contribution in [0.2, 0.25) is 0 Å². The van der Waals surface area contributed by atoms with Crippen molar-refractivity contribution in [3.8, 4) is 11.6 Å². The van der Waals surface area contributed by atoms with E-state index in [2.05, 4.69) is 14.2 Å². The molecule has 0 bridgehead atoms. The molecule has 2 aromatic rings. The lowest BCUT2D eigenvalue weighted by molar-refractivity contribution is 0.236. The molecule has 1 aromatic heterocycles. The number of aryl methyl sites for hydroxylation is 1. The zero-order chi connectivity index (χ0) is 15.6. The van der Waals surface area contributed by atoms with E-state index in [0.29, 0.717) is 18.1 Å². The van der Waals surface area contributed by atoms with Crippen LogP contribution in [-0.2, 0) is 25.2 Å². The van der Waals surface area contributed by atoms with Crippen LogP contribution in [0.25, 0.3) is 0 Å². The van der Waals surface area contributed by atoms with Gasteiger partial charge in [0.15, 0.2) is 0 Å². The highest BCUT2D eigenvalue weighted by Gasteiger charge is 2.29. The summed E-state index contributed by atoms with van der Waals surface area (Å²) in [5.41, 5.74) is 1.77. The standard InChI is InChI=1S/C14H14N2O5S/c1-10-7-15-9-16-14(10)20-12-4-2-11(3-5-12)6-13-8-19-22(17,18)21-13/h2-5,7,9,13H,6,8H2,1H3. The molecule has 0 saturated carbocycles. The van der Waals surface area contributed by atoms with Gasteiger partial charge < -0.3 is 4.74 Å². The Morgan fingerprint density at radius 2 is 2.09 bits per heavy atom. The second-order valence-corrected chi connectivity index (χ2v) is 6.12. The smallest absolute Gasteiger partial charge is 0.400 e. The lowest BCUT2D eigenvalue weighted by Crippen LogP contribution is -2.13. The number of benzene rings is 1. The third-order valence-electron chi connectivity index (χ3n) is 3.10. The SMILES string of the molecule is Cc1cncnc1Oc1ccc(CC2COS(=O)(=O)O2)cc1. The number of nitrogens with zero attached hydrogens (tertiary/aromatic N) is 2. The fraction of sp³-hybridized carbons (Fsp3) is 0.286. The Bertz CT molecular complexity index is 761. The quantitative estimate of drug-likeness (QED) is 0.847. The average molecular weight is 322 g/mol. The van der Waals surface area contributed by atoms with Gasteiger partial charge in [0, 0.05) is 18.2 Å². The molecule has 1 aromatic carbocycles. The van der Waals surface area contributed by atoms with Crippen LogP contribution in [0.3, 0.4) is 0 Å². The van der Waals surface area contributed by atoms with Crippen LogP contribution in [0.15, 0.2) is 36.8 Å². The molecule has 0 radical (unpaired) electrons. The Morgan fingerprint density at radius 3 is 2.73 bits per heavy atom. The molecule has 0 N–H and O–H groups in total. The number of rotatable bonds is 4. The van der Waals surface area contributed by atoms with E-state index in [1.807, 2.05) is 19.1 Å². The van der Waals surface area contributed by atoms with Crippen molar-refractivity contribution in [2.75, 3.05) is 6.61 Å². The Labute approximate surface area is 128 Å². The monoisotopic (exact) mass is 322 g/mol. The molecule has 1 fully saturated rings. The van der Waals surface area contributed by atoms with Gasteiger partial charge in [0.1, 0.15) is 18.2 Å². The summed E-state index contributed by atoms with van der Waals surface area (Å²) in [4.78, 5) is 7.96. The summed E-state index contributed by atoms with van der Waals surface area (Å²) in [5.74, 6) is 1.14. The molecule has 1 unspecified atom stereocenters. The van der Waals surface area contributed by atoms with Crippen molar-refractivity contribution in [3.63, 3.8) is 0 Å². The third-order valence-corrected chi connectivity index (χ3v) is 4.03. The van der Waals surface area contributed by atoms with Gasteiger partial charge in [-0.05, 0) is 24.6 Å². The molecule has 22 heavy (non-hydrogen) atoms. The Balaban J connectivity index is 1.65. The van der Waals surface area contributed by atoms with Gasteiger partial charge >= 0.3 is 10.4 Å². The maximum Gasteiger partial charge on any atom is 0.400 e. The summed E-state index contributed by atoms with van der Waals surface area (Å²) in [6.45, 7) is 1.91. The summed E-state index contributed by atoms with van der Waals surface area (Å²) in [6, 6.07) is 7.28. The van der Waals surface area contributed by atoms with Gasteiger partial charge in [0.05, 0.1) is 6.61 Å². The number of hydrogen-bond donors (Lipinski definition) is 0. The Kier molecular flexibility index (Phi) is 4.06. The second kappa shape index (κ2) is 5.99. The van der Waals surface area contributed by atoms with E-state index in [9.17, 15) is 8.42 Å². The van der Waals surface area contributed by atoms with Crippen molar-refractivity contribution >= 4 is 10.4 Å². The van der Waals surface area contributed by atoms with Gasteiger partial charge in [-0.2, -0.15) is 8.42 Å². The first kappa shape index (κ1) is 14.9. The third kappa shape index (κ3) is 3.59. The van der Waals surface area contributed by atoms with Crippen molar-refractivity contribution in [1.82, 2.24) is 9.97 Å². The molecule has 116 valence electrons. The van der Waals surface area contributed by atoms with Gasteiger partial charge in [0.2, 0.25) is 5.88 Å². The fourth-order valence-corrected chi connectivity index (χ4v) is 2.87. The Hall–Kier alpha value is -2.03. The molecule has 1 saturated heterocycles. The highest BCUT2D eigenvalue weighted by atomic mass is 32.3. The van der Waals surface area contributed by atoms with E-state index in [0.717, 1.165) is 11.1 Å². The first-order valence-electron chi connectivity index (χ1n) is 6.63. The summed E-state index contributed by atoms with van der Waals surface area (Å²) in [5, 5.41) is 0. The van der Waals surface area contributed by atoms with E-state index in [-0.39, 0.29) is 6.61 Å². The maximum absolute atomic E-state index is 11.0. The van der Waals surface area contributed by atoms with E-state index in [4.69, 9.17) is 8.92 Å². The molecular formula is C14H14N2O5S. The van der Waals surface area contributed by atoms with Crippen molar-refractivity contribution in [3.05, 3.63) is 47.9 Å². The number of hydrogen-bond acceptors (Lipinski definition) is 7. The summed E-state index contributed by atoms with van der Waals surface area (Å²) >= 11 is 0. The van der Waals surface area contributed by atoms with Crippen LogP contribution in [0.4, 0.5) is 0 Å². The molecular weight excluding hydrogens is 308 g/mol. The van der Waals surface area contributed by atoms with Gasteiger partial charge in [-0.15, -0.1) is 0 Å². The molecule has 0 aliphatic carbocycles. The van der Waals surface area contributed by atoms with E-state index >= 15 is 0 Å². The lowest BCUT2D eigenvalue weighted by Gasteiger charge is -2.09. The molecule has 1 aliphatic rings. The molecule has 1 atom stereocenters. The second-order valence-electron chi connectivity index (χ2n) is 4.87. The minimum atomic E-state index is -3.81. The summed E-state index contributed by atoms with van der Waals surface area (Å²) in [6.07, 6.45) is 3.07. The van der Waals surface area contributed by atoms with Crippen LogP contribution in [0.5, 0.6) is 11.6 Å². The zero-order valence-corrected chi connectivity index (χ0v) is 12.6. The van der Waals surface area contributed by atoms with Gasteiger partial charge in [0.25, 0.3) is 0 Å². The molecule has 0 spiro atoms. The predicted octanol–water partition coefficient (Wildman–Crippen LogP) is 1.78. The van der Waals surface area contributed by atoms with E-state index < -0.39 is 16.5 Å². The van der Waals surface area contributed by atoms with Gasteiger partial charge in [-0.1, -0.05) is 12.1 Å². The highest BCUT2D eigenvalue weighted by molar-refractivity contribution is 7.82. The molecule has 1 aliphatic heterocycles. The number of aromatic nitrogens is 2. The topological polar surface area (TPSA) is 87.6 Å². The van der Waals surface area contributed by atoms with Crippen LogP contribution < -0.4 is 4.74 Å². The normalized spacial score (nSPS) is 20.0. The van der Waals surface area contributed by atoms with Crippen LogP contribution in [0.1, 0.15) is 11.1 Å². The van der Waals surface area contributed by atoms with Crippen molar-refractivity contribution in [2.24, 2.45) is 0 Å². The molecule has 2 heterocycles. The average Bonchev–Trinajstić information content (AvgIpc) is 2.82. The van der Waals surface area contributed by atoms with Crippen LogP contribution >= 0.6 is 0 Å².